The first-order valence-corrected chi connectivity index (χ1v) is 10.9. The molecule has 0 spiro atoms. The van der Waals surface area contributed by atoms with Crippen LogP contribution in [0.3, 0.4) is 0 Å². The lowest BCUT2D eigenvalue weighted by atomic mass is 9.90. The van der Waals surface area contributed by atoms with Crippen molar-refractivity contribution in [3.8, 4) is 0 Å². The van der Waals surface area contributed by atoms with Crippen LogP contribution in [0.4, 0.5) is 8.63 Å². The second-order valence-electron chi connectivity index (χ2n) is 7.59. The molecule has 10 heteroatoms. The normalized spacial score (nSPS) is 16.3. The highest BCUT2D eigenvalue weighted by Crippen LogP contribution is 2.33. The Labute approximate surface area is 185 Å². The molecule has 32 heavy (non-hydrogen) atoms. The van der Waals surface area contributed by atoms with E-state index in [9.17, 15) is 4.79 Å². The van der Waals surface area contributed by atoms with Gasteiger partial charge in [-0.15, -0.1) is 0 Å². The zero-order chi connectivity index (χ0) is 22.7. The molecule has 7 nitrogen and oxygen atoms in total. The lowest BCUT2D eigenvalue weighted by Gasteiger charge is -2.30. The van der Waals surface area contributed by atoms with Gasteiger partial charge in [-0.25, -0.2) is 0 Å². The first-order chi connectivity index (χ1) is 15.5. The number of allylic oxidation sites excluding steroid dienone is 2. The summed E-state index contributed by atoms with van der Waals surface area (Å²) in [6.45, 7) is 0.734. The van der Waals surface area contributed by atoms with Crippen LogP contribution in [-0.2, 0) is 20.7 Å². The van der Waals surface area contributed by atoms with Gasteiger partial charge in [0.1, 0.15) is 5.69 Å². The summed E-state index contributed by atoms with van der Waals surface area (Å²) in [5, 5.41) is 2.76. The molecule has 0 fully saturated rings. The van der Waals surface area contributed by atoms with Crippen LogP contribution in [0, 0.1) is 0 Å². The summed E-state index contributed by atoms with van der Waals surface area (Å²) < 4.78 is 44.4. The number of nitrogens with one attached hydrogen (secondary N) is 2. The van der Waals surface area contributed by atoms with E-state index in [0.717, 1.165) is 8.96 Å². The highest BCUT2D eigenvalue weighted by atomic mass is 19.2. The minimum absolute atomic E-state index is 0.0859. The number of aromatic nitrogens is 2. The third-order valence-electron chi connectivity index (χ3n) is 5.55. The van der Waals surface area contributed by atoms with Crippen molar-refractivity contribution in [2.75, 3.05) is 19.8 Å². The number of hydrogen-bond donors (Lipinski definition) is 2. The minimum Gasteiger partial charge on any atom is -0.394 e. The van der Waals surface area contributed by atoms with Gasteiger partial charge >= 0.3 is 6.97 Å². The molecule has 170 valence electrons. The Balaban J connectivity index is 1.49. The summed E-state index contributed by atoms with van der Waals surface area (Å²) in [4.78, 5) is 15.3. The number of aryl methyl sites for hydroxylation is 1. The molecule has 4 rings (SSSR count). The third-order valence-corrected chi connectivity index (χ3v) is 5.55. The van der Waals surface area contributed by atoms with E-state index in [2.05, 4.69) is 10.3 Å². The van der Waals surface area contributed by atoms with Gasteiger partial charge in [-0.05, 0) is 50.2 Å². The number of aromatic amines is 1. The quantitative estimate of drug-likeness (QED) is 0.438. The van der Waals surface area contributed by atoms with Crippen molar-refractivity contribution in [3.05, 3.63) is 65.4 Å². The Bertz CT molecular complexity index is 1070. The number of amides is 1. The molecule has 0 saturated heterocycles. The van der Waals surface area contributed by atoms with Crippen molar-refractivity contribution in [2.45, 2.75) is 33.0 Å². The van der Waals surface area contributed by atoms with Crippen LogP contribution in [0.5, 0.6) is 0 Å². The second kappa shape index (κ2) is 9.26. The molecule has 0 bridgehead atoms. The van der Waals surface area contributed by atoms with E-state index in [1.54, 1.807) is 48.7 Å². The maximum absolute atomic E-state index is 15.7. The van der Waals surface area contributed by atoms with Gasteiger partial charge < -0.3 is 37.4 Å². The van der Waals surface area contributed by atoms with Crippen LogP contribution in [0.25, 0.3) is 6.08 Å². The molecule has 2 aliphatic heterocycles. The number of carbonyl (C=O) groups is 1. The average Bonchev–Trinajstić information content (AvgIpc) is 3.50. The van der Waals surface area contributed by atoms with E-state index in [-0.39, 0.29) is 25.3 Å². The number of halogens is 2. The average molecular weight is 444 g/mol. The number of hydrogen-bond acceptors (Lipinski definition) is 3. The number of H-pyrrole nitrogens is 1. The van der Waals surface area contributed by atoms with Gasteiger partial charge in [-0.3, -0.25) is 4.79 Å². The van der Waals surface area contributed by atoms with Crippen LogP contribution in [0.1, 0.15) is 37.4 Å². The van der Waals surface area contributed by atoms with Crippen LogP contribution in [0.2, 0.25) is 0 Å². The summed E-state index contributed by atoms with van der Waals surface area (Å²) in [5.74, 6) is -0.241. The molecule has 2 aromatic rings. The molecular weight excluding hydrogens is 417 g/mol. The molecule has 2 aromatic heterocycles. The van der Waals surface area contributed by atoms with Crippen molar-refractivity contribution in [3.63, 3.8) is 0 Å². The van der Waals surface area contributed by atoms with Gasteiger partial charge in [0, 0.05) is 49.8 Å². The van der Waals surface area contributed by atoms with Crippen molar-refractivity contribution in [1.29, 1.82) is 0 Å². The van der Waals surface area contributed by atoms with E-state index < -0.39 is 13.3 Å². The molecule has 0 unspecified atom stereocenters. The molecule has 4 heterocycles. The van der Waals surface area contributed by atoms with Gasteiger partial charge in [0.2, 0.25) is 5.91 Å². The molecule has 0 radical (unpaired) electrons. The zero-order valence-corrected chi connectivity index (χ0v) is 18.2. The SMILES string of the molecule is CCOC(CNC(=O)CCc1ccc2n1[B-](F)(F)[N+]1=C(c3ccc[nH]3)C=CC1=C2)OCC. The number of nitrogens with zero attached hydrogens (tertiary/aromatic N) is 2. The molecule has 0 aromatic carbocycles. The Morgan fingerprint density at radius 3 is 2.69 bits per heavy atom. The van der Waals surface area contributed by atoms with Gasteiger partial charge in [0.25, 0.3) is 0 Å². The predicted molar refractivity (Wildman–Crippen MR) is 118 cm³/mol. The smallest absolute Gasteiger partial charge is 0.394 e. The first-order valence-electron chi connectivity index (χ1n) is 10.9. The molecule has 0 aliphatic carbocycles. The Morgan fingerprint density at radius 1 is 1.22 bits per heavy atom. The maximum Gasteiger partial charge on any atom is 0.737 e. The van der Waals surface area contributed by atoms with Crippen LogP contribution in [-0.4, -0.2) is 58.6 Å². The van der Waals surface area contributed by atoms with Gasteiger partial charge in [0.15, 0.2) is 17.7 Å². The van der Waals surface area contributed by atoms with Crippen molar-refractivity contribution >= 4 is 24.7 Å². The lowest BCUT2D eigenvalue weighted by molar-refractivity contribution is -0.360. The van der Waals surface area contributed by atoms with Gasteiger partial charge in [0.05, 0.1) is 6.54 Å². The maximum atomic E-state index is 15.7. The Morgan fingerprint density at radius 2 is 2.00 bits per heavy atom. The van der Waals surface area contributed by atoms with E-state index in [0.29, 0.717) is 41.7 Å². The topological polar surface area (TPSA) is 71.3 Å². The molecule has 0 saturated carbocycles. The number of rotatable bonds is 10. The molecule has 2 N–H and O–H groups in total. The third kappa shape index (κ3) is 4.20. The van der Waals surface area contributed by atoms with Crippen LogP contribution in [0.15, 0.2) is 48.3 Å². The number of ether oxygens (including phenoxy) is 2. The van der Waals surface area contributed by atoms with Crippen molar-refractivity contribution < 1.29 is 27.4 Å². The summed E-state index contributed by atoms with van der Waals surface area (Å²) in [6.07, 6.45) is 6.60. The zero-order valence-electron chi connectivity index (χ0n) is 18.2. The van der Waals surface area contributed by atoms with Gasteiger partial charge in [-0.1, -0.05) is 0 Å². The van der Waals surface area contributed by atoms with Crippen molar-refractivity contribution in [1.82, 2.24) is 14.8 Å². The molecule has 2 aliphatic rings. The van der Waals surface area contributed by atoms with Crippen LogP contribution < -0.4 is 5.32 Å². The standard InChI is InChI=1S/C22H27BF2N4O3/c1-3-31-22(32-4-2)15-27-21(30)12-10-16-7-8-17-14-18-9-11-20(19-6-5-13-26-19)29(18)23(24,25)28(16)17/h5-9,11,13-14,22,26H,3-4,10,12,15H2,1-2H3,(H,27,30). The Kier molecular flexibility index (Phi) is 6.43. The minimum atomic E-state index is -4.11. The second-order valence-corrected chi connectivity index (χ2v) is 7.59. The number of fused-ring (bicyclic) bond motifs is 2. The molecule has 0 atom stereocenters. The van der Waals surface area contributed by atoms with Gasteiger partial charge in [-0.2, -0.15) is 0 Å². The van der Waals surface area contributed by atoms with Crippen LogP contribution >= 0.6 is 0 Å². The fourth-order valence-corrected chi connectivity index (χ4v) is 4.18. The number of carbonyl (C=O) groups excluding carboxylic acids is 1. The fourth-order valence-electron chi connectivity index (χ4n) is 4.18. The molecule has 1 amide bonds. The Hall–Kier alpha value is -2.98. The summed E-state index contributed by atoms with van der Waals surface area (Å²) in [6, 6.07) is 6.88. The lowest BCUT2D eigenvalue weighted by Crippen LogP contribution is -2.51. The van der Waals surface area contributed by atoms with E-state index in [4.69, 9.17) is 9.47 Å². The van der Waals surface area contributed by atoms with E-state index >= 15 is 8.63 Å². The largest absolute Gasteiger partial charge is 0.737 e. The summed E-state index contributed by atoms with van der Waals surface area (Å²) in [5.41, 5.74) is 2.35. The monoisotopic (exact) mass is 444 g/mol. The fraction of sp³-hybridized carbons (Fsp3) is 0.364. The highest BCUT2D eigenvalue weighted by molar-refractivity contribution is 6.58. The van der Waals surface area contributed by atoms with E-state index in [1.807, 2.05) is 13.8 Å². The summed E-state index contributed by atoms with van der Waals surface area (Å²) in [7, 11) is 0. The van der Waals surface area contributed by atoms with E-state index in [1.165, 1.54) is 0 Å². The van der Waals surface area contributed by atoms with Crippen molar-refractivity contribution in [2.24, 2.45) is 0 Å². The molecular formula is C22H27BF2N4O3. The predicted octanol–water partition coefficient (Wildman–Crippen LogP) is 2.91. The first kappa shape index (κ1) is 22.2. The highest BCUT2D eigenvalue weighted by Gasteiger charge is 2.52. The summed E-state index contributed by atoms with van der Waals surface area (Å²) >= 11 is 0.